The predicted molar refractivity (Wildman–Crippen MR) is 99.9 cm³/mol. The number of carbonyl (C=O) groups excluding carboxylic acids is 1. The minimum absolute atomic E-state index is 0.00160. The maximum atomic E-state index is 12.9. The van der Waals surface area contributed by atoms with Crippen LogP contribution < -0.4 is 25.6 Å². The Kier molecular flexibility index (Phi) is 5.75. The molecular formula is C20H25N3O3. The van der Waals surface area contributed by atoms with Crippen molar-refractivity contribution >= 4 is 5.91 Å². The van der Waals surface area contributed by atoms with Gasteiger partial charge in [0.1, 0.15) is 11.5 Å². The minimum atomic E-state index is -0.191. The summed E-state index contributed by atoms with van der Waals surface area (Å²) < 4.78 is 10.7. The number of hydrogen-bond acceptors (Lipinski definition) is 5. The molecule has 0 aliphatic carbocycles. The van der Waals surface area contributed by atoms with Crippen LogP contribution in [-0.4, -0.2) is 26.7 Å². The zero-order valence-corrected chi connectivity index (χ0v) is 15.3. The fourth-order valence-corrected chi connectivity index (χ4v) is 3.29. The minimum Gasteiger partial charge on any atom is -0.497 e. The van der Waals surface area contributed by atoms with Gasteiger partial charge in [-0.3, -0.25) is 10.2 Å². The van der Waals surface area contributed by atoms with Crippen LogP contribution in [0.25, 0.3) is 0 Å². The highest BCUT2D eigenvalue weighted by atomic mass is 16.5. The number of benzene rings is 2. The fourth-order valence-electron chi connectivity index (χ4n) is 3.29. The lowest BCUT2D eigenvalue weighted by molar-refractivity contribution is -0.125. The van der Waals surface area contributed by atoms with Crippen LogP contribution in [0.2, 0.25) is 0 Å². The van der Waals surface area contributed by atoms with Crippen LogP contribution in [-0.2, 0) is 4.79 Å². The molecule has 0 bridgehead atoms. The summed E-state index contributed by atoms with van der Waals surface area (Å²) in [5, 5.41) is 3.11. The van der Waals surface area contributed by atoms with Crippen molar-refractivity contribution in [2.75, 3.05) is 20.8 Å². The van der Waals surface area contributed by atoms with E-state index in [1.807, 2.05) is 55.5 Å². The van der Waals surface area contributed by atoms with Crippen LogP contribution in [0.3, 0.4) is 0 Å². The molecule has 0 saturated carbocycles. The highest BCUT2D eigenvalue weighted by Gasteiger charge is 2.34. The van der Waals surface area contributed by atoms with Gasteiger partial charge in [0.2, 0.25) is 5.91 Å². The summed E-state index contributed by atoms with van der Waals surface area (Å²) in [7, 11) is 3.23. The van der Waals surface area contributed by atoms with Crippen molar-refractivity contribution in [3.63, 3.8) is 0 Å². The molecule has 6 heteroatoms. The van der Waals surface area contributed by atoms with E-state index in [-0.39, 0.29) is 23.9 Å². The summed E-state index contributed by atoms with van der Waals surface area (Å²) in [6.07, 6.45) is 0. The molecule has 0 spiro atoms. The maximum Gasteiger partial charge on any atom is 0.226 e. The van der Waals surface area contributed by atoms with E-state index in [9.17, 15) is 4.79 Å². The van der Waals surface area contributed by atoms with Crippen LogP contribution in [0.15, 0.2) is 48.5 Å². The van der Waals surface area contributed by atoms with Crippen molar-refractivity contribution in [3.05, 3.63) is 59.7 Å². The largest absolute Gasteiger partial charge is 0.497 e. The number of rotatable bonds is 6. The van der Waals surface area contributed by atoms with E-state index in [2.05, 4.69) is 16.2 Å². The summed E-state index contributed by atoms with van der Waals surface area (Å²) in [4.78, 5) is 12.9. The van der Waals surface area contributed by atoms with Gasteiger partial charge in [-0.1, -0.05) is 30.3 Å². The molecule has 3 rings (SSSR count). The van der Waals surface area contributed by atoms with Crippen LogP contribution >= 0.6 is 0 Å². The Morgan fingerprint density at radius 1 is 1.15 bits per heavy atom. The summed E-state index contributed by atoms with van der Waals surface area (Å²) in [5.41, 5.74) is 8.31. The van der Waals surface area contributed by atoms with Crippen LogP contribution in [0.1, 0.15) is 30.1 Å². The average molecular weight is 355 g/mol. The molecule has 1 fully saturated rings. The van der Waals surface area contributed by atoms with E-state index in [0.717, 1.165) is 16.9 Å². The third-order valence-electron chi connectivity index (χ3n) is 4.74. The molecule has 1 aliphatic heterocycles. The first-order valence-corrected chi connectivity index (χ1v) is 8.69. The Balaban J connectivity index is 1.73. The Hall–Kier alpha value is -2.57. The van der Waals surface area contributed by atoms with Crippen molar-refractivity contribution in [1.29, 1.82) is 0 Å². The second-order valence-electron chi connectivity index (χ2n) is 6.36. The number of carbonyl (C=O) groups is 1. The van der Waals surface area contributed by atoms with Crippen LogP contribution in [0.5, 0.6) is 11.5 Å². The Morgan fingerprint density at radius 2 is 1.92 bits per heavy atom. The first kappa shape index (κ1) is 18.2. The first-order chi connectivity index (χ1) is 12.6. The van der Waals surface area contributed by atoms with Gasteiger partial charge in [0.15, 0.2) is 0 Å². The molecule has 1 heterocycles. The van der Waals surface area contributed by atoms with E-state index >= 15 is 0 Å². The molecule has 2 aromatic carbocycles. The molecule has 0 radical (unpaired) electrons. The zero-order valence-electron chi connectivity index (χ0n) is 15.3. The standard InChI is InChI=1S/C20H25N3O3/c1-13(16-10-9-15(25-2)11-18(16)26-3)22-20(24)17-12-21-23-19(17)14-7-5-4-6-8-14/h4-11,13,17,19,21,23H,12H2,1-3H3,(H,22,24). The van der Waals surface area contributed by atoms with Gasteiger partial charge in [-0.15, -0.1) is 0 Å². The van der Waals surface area contributed by atoms with Crippen molar-refractivity contribution in [2.24, 2.45) is 5.92 Å². The third-order valence-corrected chi connectivity index (χ3v) is 4.74. The lowest BCUT2D eigenvalue weighted by Gasteiger charge is -2.22. The van der Waals surface area contributed by atoms with E-state index < -0.39 is 0 Å². The first-order valence-electron chi connectivity index (χ1n) is 8.69. The molecular weight excluding hydrogens is 330 g/mol. The fraction of sp³-hybridized carbons (Fsp3) is 0.350. The van der Waals surface area contributed by atoms with Crippen LogP contribution in [0.4, 0.5) is 0 Å². The normalized spacial score (nSPS) is 20.4. The number of hydrogen-bond donors (Lipinski definition) is 3. The molecule has 1 saturated heterocycles. The molecule has 6 nitrogen and oxygen atoms in total. The number of ether oxygens (including phenoxy) is 2. The molecule has 1 aliphatic rings. The highest BCUT2D eigenvalue weighted by molar-refractivity contribution is 5.80. The second-order valence-corrected chi connectivity index (χ2v) is 6.36. The summed E-state index contributed by atoms with van der Waals surface area (Å²) in [5.74, 6) is 1.22. The number of amides is 1. The van der Waals surface area contributed by atoms with Crippen LogP contribution in [0, 0.1) is 5.92 Å². The monoisotopic (exact) mass is 355 g/mol. The lowest BCUT2D eigenvalue weighted by atomic mass is 9.93. The van der Waals surface area contributed by atoms with Gasteiger partial charge in [-0.05, 0) is 24.6 Å². The summed E-state index contributed by atoms with van der Waals surface area (Å²) in [6, 6.07) is 15.4. The number of methoxy groups -OCH3 is 2. The van der Waals surface area contributed by atoms with Gasteiger partial charge in [-0.2, -0.15) is 0 Å². The third kappa shape index (κ3) is 3.81. The topological polar surface area (TPSA) is 71.6 Å². The Bertz CT molecular complexity index is 751. The van der Waals surface area contributed by atoms with Gasteiger partial charge < -0.3 is 14.8 Å². The molecule has 138 valence electrons. The quantitative estimate of drug-likeness (QED) is 0.742. The summed E-state index contributed by atoms with van der Waals surface area (Å²) in [6.45, 7) is 2.54. The maximum absolute atomic E-state index is 12.9. The van der Waals surface area contributed by atoms with Gasteiger partial charge in [0.05, 0.1) is 32.2 Å². The van der Waals surface area contributed by atoms with Crippen molar-refractivity contribution in [2.45, 2.75) is 19.0 Å². The van der Waals surface area contributed by atoms with Crippen molar-refractivity contribution in [1.82, 2.24) is 16.2 Å². The Labute approximate surface area is 153 Å². The molecule has 26 heavy (non-hydrogen) atoms. The molecule has 3 N–H and O–H groups in total. The average Bonchev–Trinajstić information content (AvgIpc) is 3.18. The summed E-state index contributed by atoms with van der Waals surface area (Å²) >= 11 is 0. The second kappa shape index (κ2) is 8.21. The lowest BCUT2D eigenvalue weighted by Crippen LogP contribution is -2.36. The van der Waals surface area contributed by atoms with E-state index in [4.69, 9.17) is 9.47 Å². The molecule has 1 amide bonds. The van der Waals surface area contributed by atoms with Gasteiger partial charge >= 0.3 is 0 Å². The highest BCUT2D eigenvalue weighted by Crippen LogP contribution is 2.30. The predicted octanol–water partition coefficient (Wildman–Crippen LogP) is 2.35. The SMILES string of the molecule is COc1ccc(C(C)NC(=O)C2CNNC2c2ccccc2)c(OC)c1. The zero-order chi connectivity index (χ0) is 18.5. The van der Waals surface area contributed by atoms with E-state index in [1.165, 1.54) is 0 Å². The van der Waals surface area contributed by atoms with E-state index in [0.29, 0.717) is 12.3 Å². The molecule has 3 unspecified atom stereocenters. The number of hydrazine groups is 1. The van der Waals surface area contributed by atoms with Crippen molar-refractivity contribution in [3.8, 4) is 11.5 Å². The number of nitrogens with one attached hydrogen (secondary N) is 3. The molecule has 3 atom stereocenters. The van der Waals surface area contributed by atoms with Gasteiger partial charge in [0, 0.05) is 18.2 Å². The van der Waals surface area contributed by atoms with Gasteiger partial charge in [0.25, 0.3) is 0 Å². The molecule has 0 aromatic heterocycles. The van der Waals surface area contributed by atoms with Gasteiger partial charge in [-0.25, -0.2) is 5.43 Å². The Morgan fingerprint density at radius 3 is 2.62 bits per heavy atom. The molecule has 2 aromatic rings. The van der Waals surface area contributed by atoms with Crippen molar-refractivity contribution < 1.29 is 14.3 Å². The smallest absolute Gasteiger partial charge is 0.226 e. The van der Waals surface area contributed by atoms with E-state index in [1.54, 1.807) is 14.2 Å².